The van der Waals surface area contributed by atoms with Crippen molar-refractivity contribution in [3.05, 3.63) is 59.7 Å². The third-order valence-corrected chi connectivity index (χ3v) is 4.93. The number of carbonyl (C=O) groups is 2. The average Bonchev–Trinajstić information content (AvgIpc) is 2.73. The molecule has 2 aromatic carbocycles. The molecule has 3 rings (SSSR count). The van der Waals surface area contributed by atoms with E-state index in [1.807, 2.05) is 56.3 Å². The second-order valence-corrected chi connectivity index (χ2v) is 6.77. The summed E-state index contributed by atoms with van der Waals surface area (Å²) in [7, 11) is 0. The molecule has 0 bridgehead atoms. The minimum absolute atomic E-state index is 0.0166. The molecular weight excluding hydrogens is 354 g/mol. The van der Waals surface area contributed by atoms with E-state index in [-0.39, 0.29) is 18.4 Å². The number of carbonyl (C=O) groups excluding carboxylic acids is 2. The Hall–Kier alpha value is -3.02. The van der Waals surface area contributed by atoms with Crippen molar-refractivity contribution in [2.24, 2.45) is 0 Å². The number of benzene rings is 2. The molecule has 0 radical (unpaired) electrons. The molecule has 0 aromatic heterocycles. The summed E-state index contributed by atoms with van der Waals surface area (Å²) in [6, 6.07) is 15.3. The van der Waals surface area contributed by atoms with Crippen LogP contribution in [0.2, 0.25) is 0 Å². The van der Waals surface area contributed by atoms with Crippen molar-refractivity contribution in [3.63, 3.8) is 0 Å². The predicted molar refractivity (Wildman–Crippen MR) is 110 cm³/mol. The van der Waals surface area contributed by atoms with Gasteiger partial charge in [0.25, 0.3) is 5.91 Å². The molecule has 2 amide bonds. The van der Waals surface area contributed by atoms with Crippen molar-refractivity contribution in [1.82, 2.24) is 10.2 Å². The maximum absolute atomic E-state index is 12.5. The monoisotopic (exact) mass is 381 g/mol. The number of para-hydroxylation sites is 2. The second-order valence-electron chi connectivity index (χ2n) is 6.77. The third kappa shape index (κ3) is 4.63. The maximum atomic E-state index is 12.5. The highest BCUT2D eigenvalue weighted by atomic mass is 16.5. The van der Waals surface area contributed by atoms with E-state index in [1.54, 1.807) is 11.0 Å². The number of nitrogens with one attached hydrogen (secondary N) is 1. The molecule has 0 aliphatic carbocycles. The van der Waals surface area contributed by atoms with E-state index >= 15 is 0 Å². The molecule has 0 unspecified atom stereocenters. The first kappa shape index (κ1) is 19.7. The standard InChI is InChI=1S/C22H27N3O3/c1-3-28-20-11-7-6-10-19(20)24-12-14-25(15-13-24)21(26)16-23-22(27)18-9-5-4-8-17(18)2/h4-11H,3,12-16H2,1-2H3,(H,23,27). The molecule has 1 aliphatic rings. The lowest BCUT2D eigenvalue weighted by Gasteiger charge is -2.36. The van der Waals surface area contributed by atoms with Gasteiger partial charge in [-0.05, 0) is 37.6 Å². The van der Waals surface area contributed by atoms with Gasteiger partial charge in [0.15, 0.2) is 0 Å². The highest BCUT2D eigenvalue weighted by molar-refractivity contribution is 5.97. The van der Waals surface area contributed by atoms with E-state index in [0.717, 1.165) is 30.1 Å². The Morgan fingerprint density at radius 3 is 2.39 bits per heavy atom. The molecule has 1 fully saturated rings. The number of nitrogens with zero attached hydrogens (tertiary/aromatic N) is 2. The second kappa shape index (κ2) is 9.26. The predicted octanol–water partition coefficient (Wildman–Crippen LogP) is 2.47. The van der Waals surface area contributed by atoms with Crippen molar-refractivity contribution in [1.29, 1.82) is 0 Å². The fourth-order valence-electron chi connectivity index (χ4n) is 3.38. The Kier molecular flexibility index (Phi) is 6.53. The number of amides is 2. The van der Waals surface area contributed by atoms with E-state index in [0.29, 0.717) is 25.3 Å². The zero-order chi connectivity index (χ0) is 19.9. The van der Waals surface area contributed by atoms with Crippen LogP contribution in [0.5, 0.6) is 5.75 Å². The molecule has 28 heavy (non-hydrogen) atoms. The van der Waals surface area contributed by atoms with Gasteiger partial charge in [0.05, 0.1) is 18.8 Å². The summed E-state index contributed by atoms with van der Waals surface area (Å²) in [4.78, 5) is 28.8. The first-order chi connectivity index (χ1) is 13.6. The van der Waals surface area contributed by atoms with Gasteiger partial charge < -0.3 is 19.9 Å². The summed E-state index contributed by atoms with van der Waals surface area (Å²) >= 11 is 0. The molecule has 2 aromatic rings. The summed E-state index contributed by atoms with van der Waals surface area (Å²) in [6.07, 6.45) is 0. The lowest BCUT2D eigenvalue weighted by molar-refractivity contribution is -0.130. The van der Waals surface area contributed by atoms with Crippen LogP contribution in [0.25, 0.3) is 0 Å². The first-order valence-electron chi connectivity index (χ1n) is 9.68. The number of ether oxygens (including phenoxy) is 1. The van der Waals surface area contributed by atoms with Crippen LogP contribution in [0, 0.1) is 6.92 Å². The van der Waals surface area contributed by atoms with Crippen molar-refractivity contribution >= 4 is 17.5 Å². The van der Waals surface area contributed by atoms with E-state index in [9.17, 15) is 9.59 Å². The topological polar surface area (TPSA) is 61.9 Å². The molecule has 1 N–H and O–H groups in total. The zero-order valence-corrected chi connectivity index (χ0v) is 16.5. The van der Waals surface area contributed by atoms with Crippen LogP contribution in [0.1, 0.15) is 22.8 Å². The minimum Gasteiger partial charge on any atom is -0.492 e. The Morgan fingerprint density at radius 1 is 1.00 bits per heavy atom. The van der Waals surface area contributed by atoms with Crippen LogP contribution in [0.4, 0.5) is 5.69 Å². The fraction of sp³-hybridized carbons (Fsp3) is 0.364. The largest absolute Gasteiger partial charge is 0.492 e. The Bertz CT molecular complexity index is 829. The number of aryl methyl sites for hydroxylation is 1. The lowest BCUT2D eigenvalue weighted by atomic mass is 10.1. The van der Waals surface area contributed by atoms with Gasteiger partial charge in [-0.1, -0.05) is 30.3 Å². The van der Waals surface area contributed by atoms with E-state index in [1.165, 1.54) is 0 Å². The van der Waals surface area contributed by atoms with Crippen molar-refractivity contribution in [3.8, 4) is 5.75 Å². The van der Waals surface area contributed by atoms with E-state index in [2.05, 4.69) is 10.2 Å². The molecular formula is C22H27N3O3. The number of hydrogen-bond acceptors (Lipinski definition) is 4. The summed E-state index contributed by atoms with van der Waals surface area (Å²) < 4.78 is 5.71. The number of anilines is 1. The van der Waals surface area contributed by atoms with Gasteiger partial charge in [-0.2, -0.15) is 0 Å². The van der Waals surface area contributed by atoms with Crippen LogP contribution < -0.4 is 15.0 Å². The average molecular weight is 381 g/mol. The molecule has 148 valence electrons. The lowest BCUT2D eigenvalue weighted by Crippen LogP contribution is -2.51. The number of hydrogen-bond donors (Lipinski definition) is 1. The summed E-state index contributed by atoms with van der Waals surface area (Å²) in [5.74, 6) is 0.602. The van der Waals surface area contributed by atoms with E-state index < -0.39 is 0 Å². The van der Waals surface area contributed by atoms with Crippen molar-refractivity contribution < 1.29 is 14.3 Å². The Labute approximate surface area is 166 Å². The van der Waals surface area contributed by atoms with Gasteiger partial charge in [0.2, 0.25) is 5.91 Å². The normalized spacial score (nSPS) is 13.9. The number of rotatable bonds is 6. The molecule has 0 saturated carbocycles. The summed E-state index contributed by atoms with van der Waals surface area (Å²) in [5.41, 5.74) is 2.56. The summed E-state index contributed by atoms with van der Waals surface area (Å²) in [6.45, 7) is 7.22. The van der Waals surface area contributed by atoms with Crippen molar-refractivity contribution in [2.75, 3.05) is 44.2 Å². The van der Waals surface area contributed by atoms with Gasteiger partial charge in [0.1, 0.15) is 5.75 Å². The van der Waals surface area contributed by atoms with Crippen LogP contribution in [-0.2, 0) is 4.79 Å². The van der Waals surface area contributed by atoms with Crippen LogP contribution in [0.3, 0.4) is 0 Å². The van der Waals surface area contributed by atoms with Gasteiger partial charge >= 0.3 is 0 Å². The molecule has 6 heteroatoms. The minimum atomic E-state index is -0.212. The molecule has 0 atom stereocenters. The fourth-order valence-corrected chi connectivity index (χ4v) is 3.38. The highest BCUT2D eigenvalue weighted by Gasteiger charge is 2.23. The van der Waals surface area contributed by atoms with Gasteiger partial charge in [0, 0.05) is 31.7 Å². The molecule has 0 spiro atoms. The van der Waals surface area contributed by atoms with Crippen LogP contribution in [-0.4, -0.2) is 56.0 Å². The Balaban J connectivity index is 1.52. The smallest absolute Gasteiger partial charge is 0.251 e. The van der Waals surface area contributed by atoms with Gasteiger partial charge in [-0.25, -0.2) is 0 Å². The maximum Gasteiger partial charge on any atom is 0.251 e. The molecule has 1 saturated heterocycles. The van der Waals surface area contributed by atoms with Gasteiger partial charge in [-0.3, -0.25) is 9.59 Å². The highest BCUT2D eigenvalue weighted by Crippen LogP contribution is 2.28. The Morgan fingerprint density at radius 2 is 1.68 bits per heavy atom. The molecule has 6 nitrogen and oxygen atoms in total. The molecule has 1 aliphatic heterocycles. The third-order valence-electron chi connectivity index (χ3n) is 4.93. The van der Waals surface area contributed by atoms with Crippen LogP contribution >= 0.6 is 0 Å². The molecule has 1 heterocycles. The van der Waals surface area contributed by atoms with E-state index in [4.69, 9.17) is 4.74 Å². The van der Waals surface area contributed by atoms with Crippen molar-refractivity contribution in [2.45, 2.75) is 13.8 Å². The number of piperazine rings is 1. The SMILES string of the molecule is CCOc1ccccc1N1CCN(C(=O)CNC(=O)c2ccccc2C)CC1. The first-order valence-corrected chi connectivity index (χ1v) is 9.68. The summed E-state index contributed by atoms with van der Waals surface area (Å²) in [5, 5.41) is 2.74. The quantitative estimate of drug-likeness (QED) is 0.835. The van der Waals surface area contributed by atoms with Gasteiger partial charge in [-0.15, -0.1) is 0 Å². The van der Waals surface area contributed by atoms with Crippen LogP contribution in [0.15, 0.2) is 48.5 Å². The zero-order valence-electron chi connectivity index (χ0n) is 16.5.